The van der Waals surface area contributed by atoms with Gasteiger partial charge < -0.3 is 20.3 Å². The summed E-state index contributed by atoms with van der Waals surface area (Å²) in [5.74, 6) is 0.809. The van der Waals surface area contributed by atoms with Gasteiger partial charge in [-0.2, -0.15) is 0 Å². The number of aliphatic hydroxyl groups is 1. The van der Waals surface area contributed by atoms with E-state index < -0.39 is 5.60 Å². The minimum Gasteiger partial charge on any atom is -0.385 e. The summed E-state index contributed by atoms with van der Waals surface area (Å²) >= 11 is 6.43. The molecule has 5 rings (SSSR count). The van der Waals surface area contributed by atoms with E-state index >= 15 is 0 Å². The van der Waals surface area contributed by atoms with Crippen molar-refractivity contribution in [1.29, 1.82) is 0 Å². The fourth-order valence-electron chi connectivity index (χ4n) is 4.48. The predicted molar refractivity (Wildman–Crippen MR) is 127 cm³/mol. The Kier molecular flexibility index (Phi) is 5.08. The summed E-state index contributed by atoms with van der Waals surface area (Å²) < 4.78 is 0. The molecule has 0 spiro atoms. The largest absolute Gasteiger partial charge is 0.385 e. The van der Waals surface area contributed by atoms with Gasteiger partial charge in [0.1, 0.15) is 5.82 Å². The van der Waals surface area contributed by atoms with Crippen LogP contribution in [0.2, 0.25) is 5.02 Å². The van der Waals surface area contributed by atoms with Gasteiger partial charge >= 0.3 is 0 Å². The van der Waals surface area contributed by atoms with Crippen LogP contribution in [0.25, 0.3) is 10.9 Å². The Morgan fingerprint density at radius 1 is 1.10 bits per heavy atom. The van der Waals surface area contributed by atoms with Crippen molar-refractivity contribution < 1.29 is 5.11 Å². The SMILES string of the molecule is Cc1c(N2CCC(O)(c3ccccc3)CC2)ccnc1Nc1cc(Cl)c2cc[nH]c2c1. The molecule has 158 valence electrons. The van der Waals surface area contributed by atoms with E-state index in [1.807, 2.05) is 60.9 Å². The number of anilines is 3. The molecule has 3 heterocycles. The average Bonchev–Trinajstić information content (AvgIpc) is 3.26. The number of pyridine rings is 1. The highest BCUT2D eigenvalue weighted by Gasteiger charge is 2.34. The first-order chi connectivity index (χ1) is 15.0. The van der Waals surface area contributed by atoms with Gasteiger partial charge in [-0.1, -0.05) is 41.9 Å². The first-order valence-corrected chi connectivity index (χ1v) is 10.9. The smallest absolute Gasteiger partial charge is 0.135 e. The van der Waals surface area contributed by atoms with Crippen LogP contribution in [0, 0.1) is 6.92 Å². The molecule has 1 aliphatic rings. The number of nitrogens with zero attached hydrogens (tertiary/aromatic N) is 2. The number of benzene rings is 2. The van der Waals surface area contributed by atoms with Gasteiger partial charge in [-0.3, -0.25) is 0 Å². The van der Waals surface area contributed by atoms with E-state index in [-0.39, 0.29) is 0 Å². The number of fused-ring (bicyclic) bond motifs is 1. The third kappa shape index (κ3) is 3.75. The fraction of sp³-hybridized carbons (Fsp3) is 0.240. The quantitative estimate of drug-likeness (QED) is 0.384. The Morgan fingerprint density at radius 2 is 1.87 bits per heavy atom. The zero-order valence-corrected chi connectivity index (χ0v) is 18.2. The first-order valence-electron chi connectivity index (χ1n) is 10.6. The number of nitrogens with one attached hydrogen (secondary N) is 2. The van der Waals surface area contributed by atoms with E-state index in [4.69, 9.17) is 11.6 Å². The van der Waals surface area contributed by atoms with Gasteiger partial charge in [-0.15, -0.1) is 0 Å². The molecule has 0 amide bonds. The van der Waals surface area contributed by atoms with Crippen LogP contribution in [0.4, 0.5) is 17.2 Å². The van der Waals surface area contributed by atoms with Crippen molar-refractivity contribution in [2.75, 3.05) is 23.3 Å². The van der Waals surface area contributed by atoms with Crippen LogP contribution in [0.1, 0.15) is 24.0 Å². The molecule has 0 atom stereocenters. The summed E-state index contributed by atoms with van der Waals surface area (Å²) in [7, 11) is 0. The summed E-state index contributed by atoms with van der Waals surface area (Å²) in [5.41, 5.74) is 4.34. The topological polar surface area (TPSA) is 64.2 Å². The maximum absolute atomic E-state index is 11.2. The van der Waals surface area contributed by atoms with E-state index in [9.17, 15) is 5.11 Å². The second kappa shape index (κ2) is 7.91. The van der Waals surface area contributed by atoms with Crippen LogP contribution >= 0.6 is 11.6 Å². The number of hydrogen-bond acceptors (Lipinski definition) is 4. The number of piperidine rings is 1. The molecular formula is C25H25ClN4O. The van der Waals surface area contributed by atoms with Crippen molar-refractivity contribution in [2.45, 2.75) is 25.4 Å². The molecule has 0 aliphatic carbocycles. The van der Waals surface area contributed by atoms with Crippen molar-refractivity contribution >= 4 is 39.7 Å². The van der Waals surface area contributed by atoms with Gasteiger partial charge in [0.2, 0.25) is 0 Å². The molecule has 1 aliphatic heterocycles. The monoisotopic (exact) mass is 432 g/mol. The number of aromatic nitrogens is 2. The van der Waals surface area contributed by atoms with Crippen LogP contribution in [-0.2, 0) is 5.60 Å². The van der Waals surface area contributed by atoms with E-state index in [0.717, 1.165) is 52.3 Å². The molecule has 0 unspecified atom stereocenters. The van der Waals surface area contributed by atoms with Crippen LogP contribution in [0.5, 0.6) is 0 Å². The molecule has 0 saturated carbocycles. The fourth-order valence-corrected chi connectivity index (χ4v) is 4.76. The van der Waals surface area contributed by atoms with Gasteiger partial charge in [0.05, 0.1) is 10.6 Å². The van der Waals surface area contributed by atoms with Crippen LogP contribution in [0.15, 0.2) is 67.0 Å². The molecule has 0 radical (unpaired) electrons. The third-order valence-electron chi connectivity index (χ3n) is 6.30. The number of halogens is 1. The molecule has 31 heavy (non-hydrogen) atoms. The minimum absolute atomic E-state index is 0.695. The summed E-state index contributed by atoms with van der Waals surface area (Å²) in [6.45, 7) is 3.66. The lowest BCUT2D eigenvalue weighted by Crippen LogP contribution is -2.42. The molecule has 1 saturated heterocycles. The average molecular weight is 433 g/mol. The molecule has 5 nitrogen and oxygen atoms in total. The molecule has 3 N–H and O–H groups in total. The molecule has 4 aromatic rings. The third-order valence-corrected chi connectivity index (χ3v) is 6.61. The predicted octanol–water partition coefficient (Wildman–Crippen LogP) is 5.76. The van der Waals surface area contributed by atoms with Crippen LogP contribution in [0.3, 0.4) is 0 Å². The Labute approximate surface area is 186 Å². The van der Waals surface area contributed by atoms with Crippen LogP contribution < -0.4 is 10.2 Å². The highest BCUT2D eigenvalue weighted by Crippen LogP contribution is 2.37. The molecule has 2 aromatic carbocycles. The van der Waals surface area contributed by atoms with Crippen molar-refractivity contribution in [1.82, 2.24) is 9.97 Å². The second-order valence-corrected chi connectivity index (χ2v) is 8.62. The lowest BCUT2D eigenvalue weighted by molar-refractivity contribution is 0.0117. The molecule has 2 aromatic heterocycles. The summed E-state index contributed by atoms with van der Waals surface area (Å²) in [6, 6.07) is 18.0. The Bertz CT molecular complexity index is 1210. The van der Waals surface area contributed by atoms with Gasteiger partial charge in [0.25, 0.3) is 0 Å². The Balaban J connectivity index is 1.36. The number of aromatic amines is 1. The lowest BCUT2D eigenvalue weighted by atomic mass is 9.84. The van der Waals surface area contributed by atoms with Crippen molar-refractivity contribution in [3.8, 4) is 0 Å². The molecule has 0 bridgehead atoms. The summed E-state index contributed by atoms with van der Waals surface area (Å²) in [5, 5.41) is 16.3. The van der Waals surface area contributed by atoms with Gasteiger partial charge in [0.15, 0.2) is 0 Å². The summed E-state index contributed by atoms with van der Waals surface area (Å²) in [4.78, 5) is 10.1. The van der Waals surface area contributed by atoms with Gasteiger partial charge in [0, 0.05) is 53.3 Å². The van der Waals surface area contributed by atoms with Crippen molar-refractivity contribution in [3.63, 3.8) is 0 Å². The zero-order chi connectivity index (χ0) is 21.4. The van der Waals surface area contributed by atoms with Gasteiger partial charge in [-0.25, -0.2) is 4.98 Å². The van der Waals surface area contributed by atoms with E-state index in [1.165, 1.54) is 0 Å². The Morgan fingerprint density at radius 3 is 2.65 bits per heavy atom. The van der Waals surface area contributed by atoms with Gasteiger partial charge in [-0.05, 0) is 49.6 Å². The van der Waals surface area contributed by atoms with Crippen LogP contribution in [-0.4, -0.2) is 28.2 Å². The highest BCUT2D eigenvalue weighted by atomic mass is 35.5. The Hall–Kier alpha value is -3.02. The first kappa shape index (κ1) is 19.9. The number of rotatable bonds is 4. The van der Waals surface area contributed by atoms with E-state index in [2.05, 4.69) is 33.2 Å². The number of hydrogen-bond donors (Lipinski definition) is 3. The maximum atomic E-state index is 11.2. The molecule has 6 heteroatoms. The normalized spacial score (nSPS) is 15.9. The molecule has 1 fully saturated rings. The maximum Gasteiger partial charge on any atom is 0.135 e. The van der Waals surface area contributed by atoms with Crippen molar-refractivity contribution in [3.05, 3.63) is 83.1 Å². The standard InChI is InChI=1S/C25H25ClN4O/c1-17-23(30-13-9-25(31,10-14-30)18-5-3-2-4-6-18)8-12-28-24(17)29-19-15-21(26)20-7-11-27-22(20)16-19/h2-8,11-12,15-16,27,31H,9-10,13-14H2,1H3,(H,28,29). The second-order valence-electron chi connectivity index (χ2n) is 8.21. The van der Waals surface area contributed by atoms with E-state index in [1.54, 1.807) is 0 Å². The van der Waals surface area contributed by atoms with Crippen molar-refractivity contribution in [2.24, 2.45) is 0 Å². The minimum atomic E-state index is -0.762. The van der Waals surface area contributed by atoms with E-state index in [0.29, 0.717) is 17.9 Å². The number of H-pyrrole nitrogens is 1. The lowest BCUT2D eigenvalue weighted by Gasteiger charge is -2.40. The molecular weight excluding hydrogens is 408 g/mol. The summed E-state index contributed by atoms with van der Waals surface area (Å²) in [6.07, 6.45) is 5.11. The highest BCUT2D eigenvalue weighted by molar-refractivity contribution is 6.35. The zero-order valence-electron chi connectivity index (χ0n) is 17.4.